The van der Waals surface area contributed by atoms with Crippen LogP contribution >= 0.6 is 12.2 Å². The molecule has 2 aromatic carbocycles. The summed E-state index contributed by atoms with van der Waals surface area (Å²) in [4.78, 5) is 0. The van der Waals surface area contributed by atoms with E-state index in [1.165, 1.54) is 23.3 Å². The molecule has 0 fully saturated rings. The van der Waals surface area contributed by atoms with Crippen LogP contribution in [0.15, 0.2) is 60.9 Å². The van der Waals surface area contributed by atoms with Gasteiger partial charge in [0, 0.05) is 6.20 Å². The molecule has 0 aliphatic heterocycles. The number of thiocarbonyl (C=S) groups is 1. The molecule has 6 nitrogen and oxygen atoms in total. The Labute approximate surface area is 192 Å². The van der Waals surface area contributed by atoms with Gasteiger partial charge in [0.1, 0.15) is 5.82 Å². The zero-order chi connectivity index (χ0) is 22.7. The van der Waals surface area contributed by atoms with Gasteiger partial charge in [-0.05, 0) is 56.2 Å². The SMILES string of the molecule is Cc1ccc(Cn2cc(NC(=S)Nc3c(C)nn(Cc4ccc(F)cc4)c3C)cn2)cc1. The van der Waals surface area contributed by atoms with Crippen LogP contribution < -0.4 is 10.6 Å². The summed E-state index contributed by atoms with van der Waals surface area (Å²) < 4.78 is 16.9. The molecular weight excluding hydrogens is 423 g/mol. The van der Waals surface area contributed by atoms with E-state index in [0.717, 1.165) is 28.3 Å². The number of anilines is 2. The van der Waals surface area contributed by atoms with Crippen molar-refractivity contribution in [1.82, 2.24) is 19.6 Å². The molecule has 0 aliphatic rings. The van der Waals surface area contributed by atoms with E-state index < -0.39 is 0 Å². The maximum atomic E-state index is 13.2. The molecule has 4 aromatic rings. The molecule has 0 unspecified atom stereocenters. The third-order valence-electron chi connectivity index (χ3n) is 5.22. The lowest BCUT2D eigenvalue weighted by Gasteiger charge is -2.10. The lowest BCUT2D eigenvalue weighted by atomic mass is 10.1. The molecular formula is C24H25FN6S. The summed E-state index contributed by atoms with van der Waals surface area (Å²) in [6, 6.07) is 14.8. The second-order valence-corrected chi connectivity index (χ2v) is 8.23. The number of hydrogen-bond acceptors (Lipinski definition) is 3. The lowest BCUT2D eigenvalue weighted by Crippen LogP contribution is -2.19. The molecule has 32 heavy (non-hydrogen) atoms. The number of aromatic nitrogens is 4. The monoisotopic (exact) mass is 448 g/mol. The molecule has 0 atom stereocenters. The van der Waals surface area contributed by atoms with E-state index in [1.807, 2.05) is 29.4 Å². The molecule has 8 heteroatoms. The fourth-order valence-corrected chi connectivity index (χ4v) is 3.69. The molecule has 2 aromatic heterocycles. The van der Waals surface area contributed by atoms with Crippen LogP contribution in [0.2, 0.25) is 0 Å². The van der Waals surface area contributed by atoms with Gasteiger partial charge in [0.2, 0.25) is 0 Å². The average molecular weight is 449 g/mol. The second-order valence-electron chi connectivity index (χ2n) is 7.82. The van der Waals surface area contributed by atoms with Crippen LogP contribution in [-0.4, -0.2) is 24.7 Å². The first-order chi connectivity index (χ1) is 15.4. The normalized spacial score (nSPS) is 10.9. The predicted molar refractivity (Wildman–Crippen MR) is 130 cm³/mol. The van der Waals surface area contributed by atoms with E-state index in [0.29, 0.717) is 18.2 Å². The van der Waals surface area contributed by atoms with Crippen LogP contribution in [0.5, 0.6) is 0 Å². The molecule has 0 saturated heterocycles. The van der Waals surface area contributed by atoms with E-state index in [4.69, 9.17) is 12.2 Å². The minimum absolute atomic E-state index is 0.247. The van der Waals surface area contributed by atoms with E-state index in [1.54, 1.807) is 18.3 Å². The van der Waals surface area contributed by atoms with Crippen molar-refractivity contribution in [2.75, 3.05) is 10.6 Å². The Hall–Kier alpha value is -3.52. The molecule has 0 bridgehead atoms. The van der Waals surface area contributed by atoms with Crippen molar-refractivity contribution in [3.05, 3.63) is 94.8 Å². The molecule has 0 aliphatic carbocycles. The predicted octanol–water partition coefficient (Wildman–Crippen LogP) is 5.05. The zero-order valence-electron chi connectivity index (χ0n) is 18.3. The highest BCUT2D eigenvalue weighted by Gasteiger charge is 2.13. The van der Waals surface area contributed by atoms with Crippen LogP contribution in [0.3, 0.4) is 0 Å². The first-order valence-electron chi connectivity index (χ1n) is 10.3. The molecule has 0 spiro atoms. The number of nitrogens with zero attached hydrogens (tertiary/aromatic N) is 4. The fraction of sp³-hybridized carbons (Fsp3) is 0.208. The van der Waals surface area contributed by atoms with Crippen molar-refractivity contribution in [3.8, 4) is 0 Å². The van der Waals surface area contributed by atoms with E-state index in [-0.39, 0.29) is 5.82 Å². The van der Waals surface area contributed by atoms with Gasteiger partial charge in [0.25, 0.3) is 0 Å². The highest BCUT2D eigenvalue weighted by atomic mass is 32.1. The highest BCUT2D eigenvalue weighted by Crippen LogP contribution is 2.21. The summed E-state index contributed by atoms with van der Waals surface area (Å²) in [5.41, 5.74) is 6.85. The summed E-state index contributed by atoms with van der Waals surface area (Å²) in [6.45, 7) is 7.23. The van der Waals surface area contributed by atoms with Gasteiger partial charge in [-0.1, -0.05) is 42.0 Å². The molecule has 0 radical (unpaired) electrons. The van der Waals surface area contributed by atoms with Crippen molar-refractivity contribution in [3.63, 3.8) is 0 Å². The number of benzene rings is 2. The van der Waals surface area contributed by atoms with E-state index in [2.05, 4.69) is 52.0 Å². The van der Waals surface area contributed by atoms with Crippen LogP contribution in [-0.2, 0) is 13.1 Å². The first-order valence-corrected chi connectivity index (χ1v) is 10.7. The average Bonchev–Trinajstić information content (AvgIpc) is 3.30. The minimum Gasteiger partial charge on any atom is -0.330 e. The van der Waals surface area contributed by atoms with Gasteiger partial charge >= 0.3 is 0 Å². The van der Waals surface area contributed by atoms with Gasteiger partial charge in [-0.3, -0.25) is 9.36 Å². The van der Waals surface area contributed by atoms with Crippen LogP contribution in [0.25, 0.3) is 0 Å². The van der Waals surface area contributed by atoms with Crippen molar-refractivity contribution in [2.45, 2.75) is 33.9 Å². The smallest absolute Gasteiger partial charge is 0.175 e. The van der Waals surface area contributed by atoms with E-state index >= 15 is 0 Å². The first kappa shape index (κ1) is 21.7. The maximum absolute atomic E-state index is 13.2. The lowest BCUT2D eigenvalue weighted by molar-refractivity contribution is 0.622. The van der Waals surface area contributed by atoms with Crippen molar-refractivity contribution < 1.29 is 4.39 Å². The topological polar surface area (TPSA) is 59.7 Å². The standard InChI is InChI=1S/C24H25FN6S/c1-16-4-6-19(7-5-16)13-30-15-22(12-26-30)27-24(32)28-23-17(2)29-31(18(23)3)14-20-8-10-21(25)11-9-20/h4-12,15H,13-14H2,1-3H3,(H2,27,28,32). The summed E-state index contributed by atoms with van der Waals surface area (Å²) in [7, 11) is 0. The van der Waals surface area contributed by atoms with Crippen LogP contribution in [0.4, 0.5) is 15.8 Å². The van der Waals surface area contributed by atoms with Gasteiger partial charge < -0.3 is 10.6 Å². The number of aryl methyl sites for hydroxylation is 2. The van der Waals surface area contributed by atoms with Gasteiger partial charge in [-0.25, -0.2) is 4.39 Å². The fourth-order valence-electron chi connectivity index (χ4n) is 3.47. The Morgan fingerprint density at radius 2 is 1.59 bits per heavy atom. The highest BCUT2D eigenvalue weighted by molar-refractivity contribution is 7.80. The molecule has 2 heterocycles. The van der Waals surface area contributed by atoms with Gasteiger partial charge in [-0.2, -0.15) is 10.2 Å². The van der Waals surface area contributed by atoms with Crippen molar-refractivity contribution >= 4 is 28.7 Å². The summed E-state index contributed by atoms with van der Waals surface area (Å²) in [5.74, 6) is -0.247. The van der Waals surface area contributed by atoms with Gasteiger partial charge in [0.15, 0.2) is 5.11 Å². The molecule has 2 N–H and O–H groups in total. The zero-order valence-corrected chi connectivity index (χ0v) is 19.1. The Balaban J connectivity index is 1.39. The third kappa shape index (κ3) is 5.20. The summed E-state index contributed by atoms with van der Waals surface area (Å²) in [5, 5.41) is 15.9. The largest absolute Gasteiger partial charge is 0.330 e. The second kappa shape index (κ2) is 9.32. The van der Waals surface area contributed by atoms with Crippen molar-refractivity contribution in [2.24, 2.45) is 0 Å². The quantitative estimate of drug-likeness (QED) is 0.404. The molecule has 0 saturated carbocycles. The Bertz CT molecular complexity index is 1220. The molecule has 4 rings (SSSR count). The van der Waals surface area contributed by atoms with Gasteiger partial charge in [-0.15, -0.1) is 0 Å². The number of hydrogen-bond donors (Lipinski definition) is 2. The Morgan fingerprint density at radius 1 is 0.938 bits per heavy atom. The number of nitrogens with one attached hydrogen (secondary N) is 2. The van der Waals surface area contributed by atoms with Crippen molar-refractivity contribution in [1.29, 1.82) is 0 Å². The maximum Gasteiger partial charge on any atom is 0.175 e. The van der Waals surface area contributed by atoms with E-state index in [9.17, 15) is 4.39 Å². The van der Waals surface area contributed by atoms with Crippen LogP contribution in [0, 0.1) is 26.6 Å². The van der Waals surface area contributed by atoms with Gasteiger partial charge in [0.05, 0.1) is 42.0 Å². The number of halogens is 1. The van der Waals surface area contributed by atoms with Crippen LogP contribution in [0.1, 0.15) is 28.1 Å². The summed E-state index contributed by atoms with van der Waals surface area (Å²) in [6.07, 6.45) is 3.67. The molecule has 164 valence electrons. The number of rotatable bonds is 6. The molecule has 0 amide bonds. The Kier molecular flexibility index (Phi) is 6.32. The third-order valence-corrected chi connectivity index (χ3v) is 5.43. The summed E-state index contributed by atoms with van der Waals surface area (Å²) >= 11 is 5.51. The Morgan fingerprint density at radius 3 is 2.31 bits per heavy atom. The minimum atomic E-state index is -0.247.